The van der Waals surface area contributed by atoms with Gasteiger partial charge in [0.1, 0.15) is 35.4 Å². The quantitative estimate of drug-likeness (QED) is 0.540. The second kappa shape index (κ2) is 10.2. The van der Waals surface area contributed by atoms with Gasteiger partial charge in [0.2, 0.25) is 0 Å². The van der Waals surface area contributed by atoms with Crippen molar-refractivity contribution in [1.29, 1.82) is 5.26 Å². The fourth-order valence-corrected chi connectivity index (χ4v) is 3.45. The molecule has 3 heterocycles. The molecule has 162 valence electrons. The fourth-order valence-electron chi connectivity index (χ4n) is 3.20. The first-order valence-electron chi connectivity index (χ1n) is 9.72. The van der Waals surface area contributed by atoms with Gasteiger partial charge in [0.15, 0.2) is 0 Å². The summed E-state index contributed by atoms with van der Waals surface area (Å²) in [4.78, 5) is 24.5. The van der Waals surface area contributed by atoms with Crippen molar-refractivity contribution < 1.29 is 4.74 Å². The average Bonchev–Trinajstić information content (AvgIpc) is 2.77. The number of hydrogen-bond donors (Lipinski definition) is 3. The highest BCUT2D eigenvalue weighted by Gasteiger charge is 2.18. The standard InChI is InChI=1S/C15H18ClN3O2.C5H5N5/c1-2-13-18-12-5-3-4-11(16)14(12)15(20)19(13)9-10-8-17-6-7-21-10;6-1-3-4(7)9-2-10-5(3)8/h3-5,10,17H,2,6-9H2,1H3;2H,(H4,7,8,9,10). The number of morpholine rings is 1. The summed E-state index contributed by atoms with van der Waals surface area (Å²) in [5.74, 6) is 1.01. The number of aryl methyl sites for hydroxylation is 1. The van der Waals surface area contributed by atoms with Crippen molar-refractivity contribution in [3.05, 3.63) is 51.3 Å². The molecule has 2 aromatic heterocycles. The highest BCUT2D eigenvalue weighted by molar-refractivity contribution is 6.35. The minimum absolute atomic E-state index is 0.0107. The summed E-state index contributed by atoms with van der Waals surface area (Å²) in [5, 5.41) is 12.6. The van der Waals surface area contributed by atoms with Gasteiger partial charge in [-0.25, -0.2) is 15.0 Å². The molecule has 1 aliphatic heterocycles. The normalized spacial score (nSPS) is 15.7. The average molecular weight is 443 g/mol. The van der Waals surface area contributed by atoms with E-state index in [4.69, 9.17) is 33.1 Å². The van der Waals surface area contributed by atoms with Crippen LogP contribution in [0.1, 0.15) is 18.3 Å². The number of ether oxygens (including phenoxy) is 1. The molecule has 5 N–H and O–H groups in total. The lowest BCUT2D eigenvalue weighted by atomic mass is 10.2. The third-order valence-electron chi connectivity index (χ3n) is 4.74. The van der Waals surface area contributed by atoms with E-state index in [9.17, 15) is 4.79 Å². The Balaban J connectivity index is 0.000000229. The molecule has 0 saturated carbocycles. The van der Waals surface area contributed by atoms with Crippen LogP contribution in [0, 0.1) is 11.3 Å². The van der Waals surface area contributed by atoms with Crippen LogP contribution in [0.2, 0.25) is 5.02 Å². The summed E-state index contributed by atoms with van der Waals surface area (Å²) < 4.78 is 7.40. The monoisotopic (exact) mass is 442 g/mol. The number of aromatic nitrogens is 4. The van der Waals surface area contributed by atoms with Crippen LogP contribution in [0.25, 0.3) is 10.9 Å². The zero-order valence-electron chi connectivity index (χ0n) is 17.0. The predicted molar refractivity (Wildman–Crippen MR) is 119 cm³/mol. The van der Waals surface area contributed by atoms with Gasteiger partial charge in [0.25, 0.3) is 5.56 Å². The van der Waals surface area contributed by atoms with Gasteiger partial charge in [-0.1, -0.05) is 24.6 Å². The third-order valence-corrected chi connectivity index (χ3v) is 5.05. The van der Waals surface area contributed by atoms with E-state index in [1.807, 2.05) is 19.1 Å². The van der Waals surface area contributed by atoms with Crippen LogP contribution in [0.5, 0.6) is 0 Å². The number of anilines is 2. The fraction of sp³-hybridized carbons (Fsp3) is 0.350. The molecule has 1 aliphatic rings. The van der Waals surface area contributed by atoms with Crippen molar-refractivity contribution in [2.75, 3.05) is 31.2 Å². The number of nitriles is 1. The molecule has 0 bridgehead atoms. The van der Waals surface area contributed by atoms with Crippen LogP contribution in [0.3, 0.4) is 0 Å². The second-order valence-corrected chi connectivity index (χ2v) is 7.17. The summed E-state index contributed by atoms with van der Waals surface area (Å²) in [6, 6.07) is 7.15. The minimum atomic E-state index is -0.0865. The van der Waals surface area contributed by atoms with Gasteiger partial charge >= 0.3 is 0 Å². The minimum Gasteiger partial charge on any atom is -0.382 e. The molecule has 1 unspecified atom stereocenters. The van der Waals surface area contributed by atoms with E-state index in [1.54, 1.807) is 16.7 Å². The van der Waals surface area contributed by atoms with Crippen LogP contribution in [0.4, 0.5) is 11.6 Å². The number of benzene rings is 1. The van der Waals surface area contributed by atoms with E-state index < -0.39 is 0 Å². The Morgan fingerprint density at radius 3 is 2.68 bits per heavy atom. The summed E-state index contributed by atoms with van der Waals surface area (Å²) >= 11 is 6.18. The van der Waals surface area contributed by atoms with Gasteiger partial charge in [0, 0.05) is 19.5 Å². The number of hydrogen-bond acceptors (Lipinski definition) is 9. The van der Waals surface area contributed by atoms with Gasteiger partial charge < -0.3 is 21.5 Å². The Morgan fingerprint density at radius 1 is 1.35 bits per heavy atom. The summed E-state index contributed by atoms with van der Waals surface area (Å²) in [5.41, 5.74) is 11.3. The lowest BCUT2D eigenvalue weighted by Gasteiger charge is -2.25. The highest BCUT2D eigenvalue weighted by Crippen LogP contribution is 2.19. The van der Waals surface area contributed by atoms with E-state index in [0.717, 1.165) is 18.9 Å². The summed E-state index contributed by atoms with van der Waals surface area (Å²) in [6.45, 7) is 4.77. The molecule has 10 nitrogen and oxygen atoms in total. The zero-order chi connectivity index (χ0) is 22.4. The highest BCUT2D eigenvalue weighted by atomic mass is 35.5. The van der Waals surface area contributed by atoms with E-state index in [-0.39, 0.29) is 28.9 Å². The first-order valence-corrected chi connectivity index (χ1v) is 10.1. The Labute approximate surface area is 183 Å². The van der Waals surface area contributed by atoms with Gasteiger partial charge in [0.05, 0.1) is 35.2 Å². The van der Waals surface area contributed by atoms with Crippen molar-refractivity contribution in [3.8, 4) is 6.07 Å². The zero-order valence-corrected chi connectivity index (χ0v) is 17.8. The number of nitrogen functional groups attached to an aromatic ring is 2. The largest absolute Gasteiger partial charge is 0.382 e. The van der Waals surface area contributed by atoms with E-state index in [1.165, 1.54) is 6.33 Å². The number of rotatable bonds is 3. The van der Waals surface area contributed by atoms with Crippen molar-refractivity contribution in [3.63, 3.8) is 0 Å². The van der Waals surface area contributed by atoms with Crippen LogP contribution in [0.15, 0.2) is 29.3 Å². The number of nitrogens with zero attached hydrogens (tertiary/aromatic N) is 5. The lowest BCUT2D eigenvalue weighted by Crippen LogP contribution is -2.43. The molecule has 3 aromatic rings. The SMILES string of the molecule is CCc1nc2cccc(Cl)c2c(=O)n1CC1CNCCO1.N#Cc1c(N)ncnc1N. The maximum absolute atomic E-state index is 12.8. The van der Waals surface area contributed by atoms with Crippen molar-refractivity contribution in [1.82, 2.24) is 24.8 Å². The van der Waals surface area contributed by atoms with Gasteiger partial charge in [-0.15, -0.1) is 0 Å². The molecule has 11 heteroatoms. The number of halogens is 1. The van der Waals surface area contributed by atoms with Crippen LogP contribution >= 0.6 is 11.6 Å². The molecule has 1 fully saturated rings. The molecule has 4 rings (SSSR count). The molecule has 1 saturated heterocycles. The van der Waals surface area contributed by atoms with E-state index >= 15 is 0 Å². The van der Waals surface area contributed by atoms with E-state index in [0.29, 0.717) is 35.5 Å². The summed E-state index contributed by atoms with van der Waals surface area (Å²) in [6.07, 6.45) is 1.90. The molecule has 1 aromatic carbocycles. The molecular weight excluding hydrogens is 420 g/mol. The predicted octanol–water partition coefficient (Wildman–Crippen LogP) is 1.11. The number of nitrogens with one attached hydrogen (secondary N) is 1. The van der Waals surface area contributed by atoms with Crippen LogP contribution in [-0.2, 0) is 17.7 Å². The van der Waals surface area contributed by atoms with Gasteiger partial charge in [-0.3, -0.25) is 9.36 Å². The Bertz CT molecular complexity index is 1150. The third kappa shape index (κ3) is 5.08. The molecule has 1 atom stereocenters. The molecule has 0 radical (unpaired) electrons. The first kappa shape index (κ1) is 22.4. The first-order chi connectivity index (χ1) is 15.0. The van der Waals surface area contributed by atoms with Gasteiger partial charge in [-0.2, -0.15) is 5.26 Å². The molecule has 0 amide bonds. The smallest absolute Gasteiger partial charge is 0.262 e. The maximum atomic E-state index is 12.8. The van der Waals surface area contributed by atoms with Crippen molar-refractivity contribution in [2.45, 2.75) is 26.0 Å². The van der Waals surface area contributed by atoms with Crippen LogP contribution in [-0.4, -0.2) is 45.3 Å². The van der Waals surface area contributed by atoms with Crippen LogP contribution < -0.4 is 22.3 Å². The molecule has 0 aliphatic carbocycles. The number of fused-ring (bicyclic) bond motifs is 1. The summed E-state index contributed by atoms with van der Waals surface area (Å²) in [7, 11) is 0. The van der Waals surface area contributed by atoms with Crippen molar-refractivity contribution >= 4 is 34.1 Å². The molecule has 31 heavy (non-hydrogen) atoms. The lowest BCUT2D eigenvalue weighted by molar-refractivity contribution is 0.0171. The van der Waals surface area contributed by atoms with Crippen molar-refractivity contribution in [2.24, 2.45) is 0 Å². The topological polar surface area (TPSA) is 158 Å². The molecule has 0 spiro atoms. The molecular formula is C20H23ClN8O2. The Hall–Kier alpha value is -3.26. The Kier molecular flexibility index (Phi) is 7.36. The van der Waals surface area contributed by atoms with Gasteiger partial charge in [-0.05, 0) is 12.1 Å². The second-order valence-electron chi connectivity index (χ2n) is 6.76. The number of nitrogens with two attached hydrogens (primary N) is 2. The maximum Gasteiger partial charge on any atom is 0.262 e. The Morgan fingerprint density at radius 2 is 2.10 bits per heavy atom. The van der Waals surface area contributed by atoms with E-state index in [2.05, 4.69) is 20.3 Å².